The number of hydrogen-bond acceptors (Lipinski definition) is 2. The monoisotopic (exact) mass is 321 g/mol. The van der Waals surface area contributed by atoms with E-state index in [0.717, 1.165) is 22.4 Å². The maximum Gasteiger partial charge on any atom is 0.266 e. The van der Waals surface area contributed by atoms with Gasteiger partial charge in [0.15, 0.2) is 0 Å². The second-order valence-corrected chi connectivity index (χ2v) is 7.09. The third-order valence-corrected chi connectivity index (χ3v) is 4.61. The van der Waals surface area contributed by atoms with E-state index in [1.54, 1.807) is 6.07 Å². The molecule has 2 amide bonds. The zero-order valence-electron chi connectivity index (χ0n) is 14.9. The van der Waals surface area contributed by atoms with Gasteiger partial charge in [-0.1, -0.05) is 57.5 Å². The number of para-hydroxylation sites is 1. The zero-order chi connectivity index (χ0) is 17.6. The number of benzene rings is 2. The van der Waals surface area contributed by atoms with E-state index in [1.807, 2.05) is 37.3 Å². The van der Waals surface area contributed by atoms with Gasteiger partial charge in [-0.3, -0.25) is 9.59 Å². The summed E-state index contributed by atoms with van der Waals surface area (Å²) in [5, 5.41) is 0. The predicted molar refractivity (Wildman–Crippen MR) is 96.9 cm³/mol. The minimum Gasteiger partial charge on any atom is -0.268 e. The van der Waals surface area contributed by atoms with E-state index in [1.165, 1.54) is 4.90 Å². The smallest absolute Gasteiger partial charge is 0.266 e. The molecule has 0 unspecified atom stereocenters. The fraction of sp³-hybridized carbons (Fsp3) is 0.333. The van der Waals surface area contributed by atoms with Crippen molar-refractivity contribution in [1.29, 1.82) is 0 Å². The van der Waals surface area contributed by atoms with Crippen LogP contribution < -0.4 is 4.90 Å². The number of fused-ring (bicyclic) bond motifs is 1. The van der Waals surface area contributed by atoms with Crippen molar-refractivity contribution in [2.75, 3.05) is 4.90 Å². The molecular formula is C21H23NO2. The van der Waals surface area contributed by atoms with Crippen LogP contribution in [0.1, 0.15) is 76.9 Å². The Labute approximate surface area is 143 Å². The molecule has 0 fully saturated rings. The van der Waals surface area contributed by atoms with Crippen LogP contribution in [0.3, 0.4) is 0 Å². The van der Waals surface area contributed by atoms with Crippen LogP contribution in [0.4, 0.5) is 5.69 Å². The van der Waals surface area contributed by atoms with Gasteiger partial charge >= 0.3 is 0 Å². The van der Waals surface area contributed by atoms with Crippen LogP contribution in [0.5, 0.6) is 0 Å². The lowest BCUT2D eigenvalue weighted by molar-refractivity contribution is 0.0925. The number of hydrogen-bond donors (Lipinski definition) is 0. The summed E-state index contributed by atoms with van der Waals surface area (Å²) in [5.74, 6) is 0.0215. The van der Waals surface area contributed by atoms with Crippen LogP contribution in [0, 0.1) is 6.92 Å². The zero-order valence-corrected chi connectivity index (χ0v) is 14.9. The second kappa shape index (κ2) is 5.90. The van der Waals surface area contributed by atoms with Gasteiger partial charge in [-0.25, -0.2) is 4.90 Å². The molecule has 0 radical (unpaired) electrons. The number of rotatable bonds is 3. The van der Waals surface area contributed by atoms with E-state index in [0.29, 0.717) is 11.1 Å². The van der Waals surface area contributed by atoms with Crippen LogP contribution in [0.15, 0.2) is 36.4 Å². The largest absolute Gasteiger partial charge is 0.268 e. The third-order valence-electron chi connectivity index (χ3n) is 4.61. The second-order valence-electron chi connectivity index (χ2n) is 7.09. The summed E-state index contributed by atoms with van der Waals surface area (Å²) >= 11 is 0. The number of anilines is 1. The minimum absolute atomic E-state index is 0.214. The lowest BCUT2D eigenvalue weighted by atomic mass is 9.92. The highest BCUT2D eigenvalue weighted by Gasteiger charge is 2.39. The molecule has 2 aromatic carbocycles. The number of aryl methyl sites for hydroxylation is 1. The average molecular weight is 321 g/mol. The Kier molecular flexibility index (Phi) is 4.04. The predicted octanol–water partition coefficient (Wildman–Crippen LogP) is 5.04. The van der Waals surface area contributed by atoms with Crippen LogP contribution in [0.25, 0.3) is 0 Å². The lowest BCUT2D eigenvalue weighted by Crippen LogP contribution is -2.31. The number of carbonyl (C=O) groups excluding carboxylic acids is 2. The molecule has 3 heteroatoms. The quantitative estimate of drug-likeness (QED) is 0.742. The Balaban J connectivity index is 2.24. The molecule has 3 rings (SSSR count). The molecule has 0 N–H and O–H groups in total. The van der Waals surface area contributed by atoms with E-state index in [9.17, 15) is 9.59 Å². The molecule has 0 aliphatic carbocycles. The van der Waals surface area contributed by atoms with Crippen molar-refractivity contribution in [2.45, 2.75) is 46.5 Å². The van der Waals surface area contributed by atoms with Gasteiger partial charge in [-0.05, 0) is 42.0 Å². The topological polar surface area (TPSA) is 37.4 Å². The van der Waals surface area contributed by atoms with Crippen molar-refractivity contribution < 1.29 is 9.59 Å². The molecule has 1 aliphatic rings. The molecule has 1 aliphatic heterocycles. The maximum atomic E-state index is 13.0. The molecule has 124 valence electrons. The standard InChI is InChI=1S/C21H23NO2/c1-12(2)15-7-6-8-16(13(3)4)19(15)22-20(23)17-10-9-14(5)11-18(17)21(22)24/h6-13H,1-5H3. The average Bonchev–Trinajstić information content (AvgIpc) is 2.77. The summed E-state index contributed by atoms with van der Waals surface area (Å²) < 4.78 is 0. The van der Waals surface area contributed by atoms with E-state index in [4.69, 9.17) is 0 Å². The number of amides is 2. The molecule has 0 saturated carbocycles. The van der Waals surface area contributed by atoms with Crippen molar-refractivity contribution >= 4 is 17.5 Å². The van der Waals surface area contributed by atoms with E-state index >= 15 is 0 Å². The van der Waals surface area contributed by atoms with Gasteiger partial charge in [0.05, 0.1) is 16.8 Å². The molecule has 3 nitrogen and oxygen atoms in total. The Morgan fingerprint density at radius 3 is 1.88 bits per heavy atom. The molecule has 0 atom stereocenters. The highest BCUT2D eigenvalue weighted by Crippen LogP contribution is 2.39. The Morgan fingerprint density at radius 2 is 1.33 bits per heavy atom. The first kappa shape index (κ1) is 16.4. The van der Waals surface area contributed by atoms with Gasteiger partial charge in [0.1, 0.15) is 0 Å². The molecular weight excluding hydrogens is 298 g/mol. The highest BCUT2D eigenvalue weighted by molar-refractivity contribution is 6.35. The van der Waals surface area contributed by atoms with Crippen molar-refractivity contribution in [3.05, 3.63) is 64.2 Å². The SMILES string of the molecule is Cc1ccc2c(c1)C(=O)N(c1c(C(C)C)cccc1C(C)C)C2=O. The summed E-state index contributed by atoms with van der Waals surface area (Å²) in [6.45, 7) is 10.3. The highest BCUT2D eigenvalue weighted by atomic mass is 16.2. The molecule has 1 heterocycles. The van der Waals surface area contributed by atoms with Crippen LogP contribution in [0.2, 0.25) is 0 Å². The normalized spacial score (nSPS) is 14.0. The first-order chi connectivity index (χ1) is 11.3. The minimum atomic E-state index is -0.218. The van der Waals surface area contributed by atoms with Gasteiger partial charge in [-0.15, -0.1) is 0 Å². The number of imide groups is 1. The molecule has 24 heavy (non-hydrogen) atoms. The van der Waals surface area contributed by atoms with E-state index < -0.39 is 0 Å². The van der Waals surface area contributed by atoms with Crippen molar-refractivity contribution in [3.8, 4) is 0 Å². The number of carbonyl (C=O) groups is 2. The Bertz CT molecular complexity index is 807. The fourth-order valence-corrected chi connectivity index (χ4v) is 3.33. The molecule has 0 bridgehead atoms. The van der Waals surface area contributed by atoms with Crippen molar-refractivity contribution in [2.24, 2.45) is 0 Å². The summed E-state index contributed by atoms with van der Waals surface area (Å²) in [7, 11) is 0. The third kappa shape index (κ3) is 2.44. The molecule has 0 saturated heterocycles. The molecule has 2 aromatic rings. The van der Waals surface area contributed by atoms with Crippen molar-refractivity contribution in [1.82, 2.24) is 0 Å². The first-order valence-corrected chi connectivity index (χ1v) is 8.45. The van der Waals surface area contributed by atoms with Gasteiger partial charge in [0.25, 0.3) is 11.8 Å². The van der Waals surface area contributed by atoms with Crippen molar-refractivity contribution in [3.63, 3.8) is 0 Å². The molecule has 0 spiro atoms. The lowest BCUT2D eigenvalue weighted by Gasteiger charge is -2.25. The van der Waals surface area contributed by atoms with Crippen LogP contribution in [-0.4, -0.2) is 11.8 Å². The first-order valence-electron chi connectivity index (χ1n) is 8.45. The summed E-state index contributed by atoms with van der Waals surface area (Å²) in [5.41, 5.74) is 4.83. The maximum absolute atomic E-state index is 13.0. The number of nitrogens with zero attached hydrogens (tertiary/aromatic N) is 1. The fourth-order valence-electron chi connectivity index (χ4n) is 3.33. The van der Waals surface area contributed by atoms with Gasteiger partial charge in [0.2, 0.25) is 0 Å². The summed E-state index contributed by atoms with van der Waals surface area (Å²) in [6, 6.07) is 11.5. The Hall–Kier alpha value is -2.42. The van der Waals surface area contributed by atoms with Gasteiger partial charge in [0, 0.05) is 0 Å². The summed E-state index contributed by atoms with van der Waals surface area (Å²) in [6.07, 6.45) is 0. The van der Waals surface area contributed by atoms with E-state index in [-0.39, 0.29) is 23.7 Å². The van der Waals surface area contributed by atoms with E-state index in [2.05, 4.69) is 27.7 Å². The van der Waals surface area contributed by atoms with Gasteiger partial charge < -0.3 is 0 Å². The van der Waals surface area contributed by atoms with Gasteiger partial charge in [-0.2, -0.15) is 0 Å². The molecule has 0 aromatic heterocycles. The Morgan fingerprint density at radius 1 is 0.792 bits per heavy atom. The summed E-state index contributed by atoms with van der Waals surface area (Å²) in [4.78, 5) is 27.4. The van der Waals surface area contributed by atoms with Crippen LogP contribution >= 0.6 is 0 Å². The van der Waals surface area contributed by atoms with Crippen LogP contribution in [-0.2, 0) is 0 Å².